The maximum atomic E-state index is 12.6. The van der Waals surface area contributed by atoms with Gasteiger partial charge >= 0.3 is 0 Å². The minimum atomic E-state index is -0.147. The molecule has 0 N–H and O–H groups in total. The summed E-state index contributed by atoms with van der Waals surface area (Å²) in [5.41, 5.74) is 1.38. The molecule has 2 aromatic rings. The van der Waals surface area contributed by atoms with Crippen molar-refractivity contribution < 1.29 is 23.7 Å². The van der Waals surface area contributed by atoms with Crippen LogP contribution in [0.25, 0.3) is 6.08 Å². The summed E-state index contributed by atoms with van der Waals surface area (Å²) in [6.45, 7) is 5.03. The number of rotatable bonds is 9. The highest BCUT2D eigenvalue weighted by atomic mass is 16.5. The van der Waals surface area contributed by atoms with Crippen molar-refractivity contribution in [1.82, 2.24) is 4.90 Å². The molecule has 0 atom stereocenters. The fourth-order valence-electron chi connectivity index (χ4n) is 3.06. The van der Waals surface area contributed by atoms with Crippen molar-refractivity contribution in [2.75, 3.05) is 53.7 Å². The molecule has 0 saturated carbocycles. The SMILES string of the molecule is COc1ccc(OC)c(C(=O)/C=C/c2ccc(OCCN3CCOCC3)cc2)c1. The lowest BCUT2D eigenvalue weighted by atomic mass is 10.1. The molecule has 1 saturated heterocycles. The molecule has 1 aliphatic heterocycles. The summed E-state index contributed by atoms with van der Waals surface area (Å²) in [6.07, 6.45) is 3.31. The van der Waals surface area contributed by atoms with E-state index in [1.165, 1.54) is 6.08 Å². The Bertz CT molecular complexity index is 826. The van der Waals surface area contributed by atoms with Crippen molar-refractivity contribution in [3.05, 3.63) is 59.7 Å². The van der Waals surface area contributed by atoms with Crippen LogP contribution in [0.4, 0.5) is 0 Å². The minimum Gasteiger partial charge on any atom is -0.497 e. The lowest BCUT2D eigenvalue weighted by molar-refractivity contribution is 0.0322. The van der Waals surface area contributed by atoms with Crippen LogP contribution in [0.5, 0.6) is 17.2 Å². The number of hydrogen-bond donors (Lipinski definition) is 0. The molecule has 0 unspecified atom stereocenters. The van der Waals surface area contributed by atoms with Crippen LogP contribution >= 0.6 is 0 Å². The van der Waals surface area contributed by atoms with Gasteiger partial charge in [0.15, 0.2) is 5.78 Å². The molecule has 29 heavy (non-hydrogen) atoms. The van der Waals surface area contributed by atoms with Gasteiger partial charge in [-0.2, -0.15) is 0 Å². The van der Waals surface area contributed by atoms with Gasteiger partial charge < -0.3 is 18.9 Å². The van der Waals surface area contributed by atoms with Gasteiger partial charge in [0.1, 0.15) is 23.9 Å². The van der Waals surface area contributed by atoms with Crippen molar-refractivity contribution in [2.24, 2.45) is 0 Å². The van der Waals surface area contributed by atoms with Crippen LogP contribution in [0.15, 0.2) is 48.5 Å². The standard InChI is InChI=1S/C23H27NO5/c1-26-20-8-10-23(27-2)21(17-20)22(25)9-5-18-3-6-19(7-4-18)29-16-13-24-11-14-28-15-12-24/h3-10,17H,11-16H2,1-2H3/b9-5+. The number of allylic oxidation sites excluding steroid dienone is 1. The molecule has 1 heterocycles. The molecule has 6 heteroatoms. The Labute approximate surface area is 171 Å². The molecule has 0 spiro atoms. The van der Waals surface area contributed by atoms with E-state index in [9.17, 15) is 4.79 Å². The topological polar surface area (TPSA) is 57.2 Å². The first-order chi connectivity index (χ1) is 14.2. The van der Waals surface area contributed by atoms with E-state index in [0.29, 0.717) is 23.7 Å². The second-order valence-corrected chi connectivity index (χ2v) is 6.64. The van der Waals surface area contributed by atoms with E-state index in [2.05, 4.69) is 4.90 Å². The van der Waals surface area contributed by atoms with Gasteiger partial charge in [-0.05, 0) is 42.0 Å². The maximum Gasteiger partial charge on any atom is 0.189 e. The number of nitrogens with zero attached hydrogens (tertiary/aromatic N) is 1. The van der Waals surface area contributed by atoms with Crippen molar-refractivity contribution in [2.45, 2.75) is 0 Å². The lowest BCUT2D eigenvalue weighted by Crippen LogP contribution is -2.38. The highest BCUT2D eigenvalue weighted by Gasteiger charge is 2.11. The summed E-state index contributed by atoms with van der Waals surface area (Å²) in [5, 5.41) is 0. The summed E-state index contributed by atoms with van der Waals surface area (Å²) in [7, 11) is 3.11. The Morgan fingerprint density at radius 2 is 1.76 bits per heavy atom. The molecular formula is C23H27NO5. The average molecular weight is 397 g/mol. The number of carbonyl (C=O) groups is 1. The molecule has 6 nitrogen and oxygen atoms in total. The van der Waals surface area contributed by atoms with E-state index in [1.807, 2.05) is 24.3 Å². The molecule has 2 aromatic carbocycles. The third-order valence-electron chi connectivity index (χ3n) is 4.76. The molecule has 0 aliphatic carbocycles. The Morgan fingerprint density at radius 3 is 2.45 bits per heavy atom. The van der Waals surface area contributed by atoms with Crippen LogP contribution in [0.2, 0.25) is 0 Å². The number of ketones is 1. The zero-order valence-corrected chi connectivity index (χ0v) is 16.9. The first-order valence-electron chi connectivity index (χ1n) is 9.67. The smallest absolute Gasteiger partial charge is 0.189 e. The van der Waals surface area contributed by atoms with Gasteiger partial charge in [-0.15, -0.1) is 0 Å². The molecule has 1 aliphatic rings. The fraction of sp³-hybridized carbons (Fsp3) is 0.348. The molecule has 3 rings (SSSR count). The number of carbonyl (C=O) groups excluding carboxylic acids is 1. The Morgan fingerprint density at radius 1 is 1.03 bits per heavy atom. The van der Waals surface area contributed by atoms with Crippen LogP contribution in [-0.2, 0) is 4.74 Å². The van der Waals surface area contributed by atoms with Crippen LogP contribution in [-0.4, -0.2) is 64.4 Å². The molecule has 0 radical (unpaired) electrons. The van der Waals surface area contributed by atoms with Gasteiger partial charge in [0.05, 0.1) is 33.0 Å². The summed E-state index contributed by atoms with van der Waals surface area (Å²) in [5.74, 6) is 1.80. The van der Waals surface area contributed by atoms with Crippen LogP contribution in [0, 0.1) is 0 Å². The predicted molar refractivity (Wildman–Crippen MR) is 112 cm³/mol. The van der Waals surface area contributed by atoms with Crippen molar-refractivity contribution in [1.29, 1.82) is 0 Å². The zero-order valence-electron chi connectivity index (χ0n) is 16.9. The second-order valence-electron chi connectivity index (χ2n) is 6.64. The molecule has 154 valence electrons. The number of methoxy groups -OCH3 is 2. The molecule has 0 bridgehead atoms. The van der Waals surface area contributed by atoms with Gasteiger partial charge in [-0.3, -0.25) is 9.69 Å². The van der Waals surface area contributed by atoms with E-state index in [0.717, 1.165) is 44.2 Å². The number of hydrogen-bond acceptors (Lipinski definition) is 6. The Hall–Kier alpha value is -2.83. The Kier molecular flexibility index (Phi) is 7.67. The largest absolute Gasteiger partial charge is 0.497 e. The molecule has 1 fully saturated rings. The van der Waals surface area contributed by atoms with Crippen LogP contribution < -0.4 is 14.2 Å². The van der Waals surface area contributed by atoms with Crippen molar-refractivity contribution in [3.8, 4) is 17.2 Å². The summed E-state index contributed by atoms with van der Waals surface area (Å²) < 4.78 is 21.6. The summed E-state index contributed by atoms with van der Waals surface area (Å²) >= 11 is 0. The lowest BCUT2D eigenvalue weighted by Gasteiger charge is -2.26. The third kappa shape index (κ3) is 6.07. The van der Waals surface area contributed by atoms with E-state index >= 15 is 0 Å². The normalized spacial score (nSPS) is 14.7. The predicted octanol–water partition coefficient (Wildman–Crippen LogP) is 3.31. The summed E-state index contributed by atoms with van der Waals surface area (Å²) in [6, 6.07) is 12.8. The number of benzene rings is 2. The quantitative estimate of drug-likeness (QED) is 0.478. The second kappa shape index (κ2) is 10.6. The first-order valence-corrected chi connectivity index (χ1v) is 9.67. The maximum absolute atomic E-state index is 12.6. The average Bonchev–Trinajstić information content (AvgIpc) is 2.78. The van der Waals surface area contributed by atoms with E-state index in [4.69, 9.17) is 18.9 Å². The molecule has 0 aromatic heterocycles. The van der Waals surface area contributed by atoms with E-state index in [1.54, 1.807) is 38.5 Å². The first kappa shape index (κ1) is 20.9. The monoisotopic (exact) mass is 397 g/mol. The molecular weight excluding hydrogens is 370 g/mol. The fourth-order valence-corrected chi connectivity index (χ4v) is 3.06. The van der Waals surface area contributed by atoms with Gasteiger partial charge in [-0.25, -0.2) is 0 Å². The van der Waals surface area contributed by atoms with Gasteiger partial charge in [0.25, 0.3) is 0 Å². The van der Waals surface area contributed by atoms with Crippen molar-refractivity contribution >= 4 is 11.9 Å². The number of morpholine rings is 1. The number of ether oxygens (including phenoxy) is 4. The van der Waals surface area contributed by atoms with Gasteiger partial charge in [0, 0.05) is 19.6 Å². The van der Waals surface area contributed by atoms with Crippen LogP contribution in [0.1, 0.15) is 15.9 Å². The highest BCUT2D eigenvalue weighted by molar-refractivity contribution is 6.08. The minimum absolute atomic E-state index is 0.147. The van der Waals surface area contributed by atoms with E-state index < -0.39 is 0 Å². The zero-order chi connectivity index (χ0) is 20.5. The van der Waals surface area contributed by atoms with Crippen LogP contribution in [0.3, 0.4) is 0 Å². The van der Waals surface area contributed by atoms with E-state index in [-0.39, 0.29) is 5.78 Å². The highest BCUT2D eigenvalue weighted by Crippen LogP contribution is 2.25. The molecule has 0 amide bonds. The van der Waals surface area contributed by atoms with Gasteiger partial charge in [-0.1, -0.05) is 18.2 Å². The Balaban J connectivity index is 1.55. The van der Waals surface area contributed by atoms with Crippen molar-refractivity contribution in [3.63, 3.8) is 0 Å². The third-order valence-corrected chi connectivity index (χ3v) is 4.76. The summed E-state index contributed by atoms with van der Waals surface area (Å²) in [4.78, 5) is 14.9. The van der Waals surface area contributed by atoms with Gasteiger partial charge in [0.2, 0.25) is 0 Å².